The van der Waals surface area contributed by atoms with Gasteiger partial charge < -0.3 is 0 Å². The van der Waals surface area contributed by atoms with Crippen LogP contribution < -0.4 is 0 Å². The third kappa shape index (κ3) is 29.2. The van der Waals surface area contributed by atoms with Gasteiger partial charge in [0.1, 0.15) is 0 Å². The topological polar surface area (TPSA) is 0 Å². The third-order valence-corrected chi connectivity index (χ3v) is 1.94. The lowest BCUT2D eigenvalue weighted by Gasteiger charge is -2.28. The normalized spacial score (nSPS) is 20.4. The highest BCUT2D eigenvalue weighted by molar-refractivity contribution is 4.71. The summed E-state index contributed by atoms with van der Waals surface area (Å²) in [5, 5.41) is 0. The fraction of sp³-hybridized carbons (Fsp3) is 0.875. The molecular formula is C16H38. The van der Waals surface area contributed by atoms with Crippen LogP contribution in [0.5, 0.6) is 0 Å². The SMILES string of the molecule is CC.CC.CC.CC1CC(C)C1.CC=CC. The van der Waals surface area contributed by atoms with Crippen LogP contribution in [0, 0.1) is 11.8 Å². The van der Waals surface area contributed by atoms with E-state index < -0.39 is 0 Å². The summed E-state index contributed by atoms with van der Waals surface area (Å²) >= 11 is 0. The summed E-state index contributed by atoms with van der Waals surface area (Å²) in [5.74, 6) is 2.08. The molecule has 0 spiro atoms. The third-order valence-electron chi connectivity index (χ3n) is 1.94. The maximum absolute atomic E-state index is 2.32. The zero-order chi connectivity index (χ0) is 14.0. The Kier molecular flexibility index (Phi) is 45.5. The lowest BCUT2D eigenvalue weighted by atomic mass is 9.78. The van der Waals surface area contributed by atoms with Crippen LogP contribution in [0.4, 0.5) is 0 Å². The summed E-state index contributed by atoms with van der Waals surface area (Å²) in [6.45, 7) is 20.6. The molecule has 0 amide bonds. The molecule has 1 rings (SSSR count). The Hall–Kier alpha value is -0.260. The second kappa shape index (κ2) is 29.3. The predicted molar refractivity (Wildman–Crippen MR) is 82.1 cm³/mol. The van der Waals surface area contributed by atoms with Crippen molar-refractivity contribution in [2.24, 2.45) is 11.8 Å². The first-order valence-electron chi connectivity index (χ1n) is 7.28. The Labute approximate surface area is 107 Å². The van der Waals surface area contributed by atoms with E-state index in [0.29, 0.717) is 0 Å². The van der Waals surface area contributed by atoms with Gasteiger partial charge in [0.25, 0.3) is 0 Å². The van der Waals surface area contributed by atoms with Gasteiger partial charge in [0, 0.05) is 0 Å². The van der Waals surface area contributed by atoms with E-state index in [2.05, 4.69) is 13.8 Å². The Balaban J connectivity index is -0.0000000639. The molecule has 0 heteroatoms. The highest BCUT2D eigenvalue weighted by atomic mass is 14.2. The fourth-order valence-electron chi connectivity index (χ4n) is 1.30. The summed E-state index contributed by atoms with van der Waals surface area (Å²) in [7, 11) is 0. The summed E-state index contributed by atoms with van der Waals surface area (Å²) in [4.78, 5) is 0. The van der Waals surface area contributed by atoms with Crippen molar-refractivity contribution in [2.45, 2.75) is 82.1 Å². The van der Waals surface area contributed by atoms with E-state index in [1.165, 1.54) is 12.8 Å². The molecule has 0 radical (unpaired) electrons. The Morgan fingerprint density at radius 2 is 0.812 bits per heavy atom. The molecule has 0 aromatic carbocycles. The van der Waals surface area contributed by atoms with Gasteiger partial charge in [-0.1, -0.05) is 67.5 Å². The van der Waals surface area contributed by atoms with E-state index in [0.717, 1.165) is 11.8 Å². The van der Waals surface area contributed by atoms with Gasteiger partial charge in [0.05, 0.1) is 0 Å². The maximum atomic E-state index is 2.32. The van der Waals surface area contributed by atoms with Gasteiger partial charge in [0.15, 0.2) is 0 Å². The molecule has 1 aliphatic rings. The molecule has 0 N–H and O–H groups in total. The van der Waals surface area contributed by atoms with Gasteiger partial charge in [-0.15, -0.1) is 0 Å². The van der Waals surface area contributed by atoms with Crippen LogP contribution in [0.25, 0.3) is 0 Å². The van der Waals surface area contributed by atoms with Crippen LogP contribution in [0.15, 0.2) is 12.2 Å². The molecule has 16 heavy (non-hydrogen) atoms. The molecule has 0 unspecified atom stereocenters. The van der Waals surface area contributed by atoms with E-state index in [1.54, 1.807) is 0 Å². The second-order valence-corrected chi connectivity index (χ2v) is 3.35. The summed E-state index contributed by atoms with van der Waals surface area (Å²) in [5.41, 5.74) is 0. The second-order valence-electron chi connectivity index (χ2n) is 3.35. The minimum atomic E-state index is 1.04. The summed E-state index contributed by atoms with van der Waals surface area (Å²) < 4.78 is 0. The molecule has 0 bridgehead atoms. The zero-order valence-electron chi connectivity index (χ0n) is 13.7. The van der Waals surface area contributed by atoms with Crippen molar-refractivity contribution in [3.63, 3.8) is 0 Å². The highest BCUT2D eigenvalue weighted by Crippen LogP contribution is 2.31. The minimum absolute atomic E-state index is 1.04. The largest absolute Gasteiger partial charge is 0.0919 e. The average Bonchev–Trinajstić information content (AvgIpc) is 2.35. The first kappa shape index (κ1) is 24.8. The van der Waals surface area contributed by atoms with Crippen LogP contribution in [-0.2, 0) is 0 Å². The van der Waals surface area contributed by atoms with Crippen molar-refractivity contribution in [3.8, 4) is 0 Å². The number of hydrogen-bond acceptors (Lipinski definition) is 0. The van der Waals surface area contributed by atoms with Gasteiger partial charge in [-0.2, -0.15) is 0 Å². The van der Waals surface area contributed by atoms with E-state index in [1.807, 2.05) is 67.5 Å². The number of allylic oxidation sites excluding steroid dienone is 2. The number of rotatable bonds is 0. The maximum Gasteiger partial charge on any atom is -0.0438 e. The standard InChI is InChI=1S/C6H12.C4H8.3C2H6/c1-5-3-6(2)4-5;1-3-4-2;3*1-2/h5-6H,3-4H2,1-2H3;3-4H,1-2H3;3*1-2H3. The average molecular weight is 230 g/mol. The van der Waals surface area contributed by atoms with Crippen LogP contribution in [0.2, 0.25) is 0 Å². The van der Waals surface area contributed by atoms with Crippen LogP contribution in [0.3, 0.4) is 0 Å². The lowest BCUT2D eigenvalue weighted by molar-refractivity contribution is 0.233. The van der Waals surface area contributed by atoms with Gasteiger partial charge >= 0.3 is 0 Å². The van der Waals surface area contributed by atoms with Gasteiger partial charge in [-0.05, 0) is 38.5 Å². The van der Waals surface area contributed by atoms with Crippen molar-refractivity contribution in [1.82, 2.24) is 0 Å². The number of hydrogen-bond donors (Lipinski definition) is 0. The summed E-state index contributed by atoms with van der Waals surface area (Å²) in [6, 6.07) is 0. The molecule has 1 fully saturated rings. The Morgan fingerprint density at radius 1 is 0.625 bits per heavy atom. The molecule has 0 aliphatic heterocycles. The van der Waals surface area contributed by atoms with Crippen molar-refractivity contribution in [3.05, 3.63) is 12.2 Å². The molecule has 102 valence electrons. The van der Waals surface area contributed by atoms with E-state index in [-0.39, 0.29) is 0 Å². The lowest BCUT2D eigenvalue weighted by Crippen LogP contribution is -2.16. The minimum Gasteiger partial charge on any atom is -0.0919 e. The van der Waals surface area contributed by atoms with Crippen LogP contribution in [0.1, 0.15) is 82.1 Å². The Bertz CT molecular complexity index is 76.2. The first-order valence-corrected chi connectivity index (χ1v) is 7.28. The molecule has 0 aromatic rings. The van der Waals surface area contributed by atoms with Gasteiger partial charge in [-0.3, -0.25) is 0 Å². The van der Waals surface area contributed by atoms with Crippen LogP contribution >= 0.6 is 0 Å². The predicted octanol–water partition coefficient (Wildman–Crippen LogP) is 6.71. The van der Waals surface area contributed by atoms with Crippen molar-refractivity contribution < 1.29 is 0 Å². The van der Waals surface area contributed by atoms with E-state index >= 15 is 0 Å². The van der Waals surface area contributed by atoms with Crippen molar-refractivity contribution in [1.29, 1.82) is 0 Å². The molecule has 0 aromatic heterocycles. The molecule has 0 atom stereocenters. The van der Waals surface area contributed by atoms with E-state index in [9.17, 15) is 0 Å². The van der Waals surface area contributed by atoms with Gasteiger partial charge in [0.2, 0.25) is 0 Å². The van der Waals surface area contributed by atoms with Crippen LogP contribution in [-0.4, -0.2) is 0 Å². The monoisotopic (exact) mass is 230 g/mol. The molecule has 0 nitrogen and oxygen atoms in total. The van der Waals surface area contributed by atoms with Crippen molar-refractivity contribution >= 4 is 0 Å². The molecular weight excluding hydrogens is 192 g/mol. The summed E-state index contributed by atoms with van der Waals surface area (Å²) in [6.07, 6.45) is 6.94. The van der Waals surface area contributed by atoms with Gasteiger partial charge in [-0.25, -0.2) is 0 Å². The Morgan fingerprint density at radius 3 is 0.812 bits per heavy atom. The first-order chi connectivity index (χ1) is 7.70. The smallest absolute Gasteiger partial charge is 0.0438 e. The molecule has 1 saturated carbocycles. The van der Waals surface area contributed by atoms with Crippen molar-refractivity contribution in [2.75, 3.05) is 0 Å². The molecule has 1 aliphatic carbocycles. The quantitative estimate of drug-likeness (QED) is 0.405. The molecule has 0 heterocycles. The molecule has 0 saturated heterocycles. The highest BCUT2D eigenvalue weighted by Gasteiger charge is 2.19. The fourth-order valence-corrected chi connectivity index (χ4v) is 1.30. The zero-order valence-corrected chi connectivity index (χ0v) is 13.7. The van der Waals surface area contributed by atoms with E-state index in [4.69, 9.17) is 0 Å².